The fraction of sp³-hybridized carbons (Fsp3) is 0.556. The second-order valence-electron chi connectivity index (χ2n) is 3.18. The third-order valence-corrected chi connectivity index (χ3v) is 2.33. The Kier molecular flexibility index (Phi) is 4.00. The molecular weight excluding hydrogens is 200 g/mol. The first-order chi connectivity index (χ1) is 6.58. The van der Waals surface area contributed by atoms with Crippen molar-refractivity contribution in [1.82, 2.24) is 9.78 Å². The average Bonchev–Trinajstić information content (AvgIpc) is 2.47. The standard InChI is InChI=1S/C9H14N2O2S/c1-7(2)13-9(12)6-14-8-4-10-11(3)5-8/h4-5,7H,6H2,1-3H3. The molecule has 5 heteroatoms. The fourth-order valence-electron chi connectivity index (χ4n) is 0.912. The van der Waals surface area contributed by atoms with Gasteiger partial charge in [-0.15, -0.1) is 11.8 Å². The van der Waals surface area contributed by atoms with Gasteiger partial charge in [0.2, 0.25) is 0 Å². The van der Waals surface area contributed by atoms with E-state index in [-0.39, 0.29) is 12.1 Å². The van der Waals surface area contributed by atoms with E-state index >= 15 is 0 Å². The number of hydrogen-bond donors (Lipinski definition) is 0. The third-order valence-electron chi connectivity index (χ3n) is 1.41. The van der Waals surface area contributed by atoms with E-state index in [9.17, 15) is 4.79 Å². The summed E-state index contributed by atoms with van der Waals surface area (Å²) in [6.45, 7) is 3.68. The molecule has 0 amide bonds. The number of carbonyl (C=O) groups excluding carboxylic acids is 1. The molecule has 0 radical (unpaired) electrons. The van der Waals surface area contributed by atoms with E-state index < -0.39 is 0 Å². The van der Waals surface area contributed by atoms with Crippen LogP contribution in [-0.2, 0) is 16.6 Å². The van der Waals surface area contributed by atoms with E-state index in [2.05, 4.69) is 5.10 Å². The number of aromatic nitrogens is 2. The Bertz CT molecular complexity index is 310. The first-order valence-electron chi connectivity index (χ1n) is 4.39. The number of esters is 1. The minimum absolute atomic E-state index is 0.0444. The lowest BCUT2D eigenvalue weighted by molar-refractivity contribution is -0.144. The SMILES string of the molecule is CC(C)OC(=O)CSc1cnn(C)c1. The van der Waals surface area contributed by atoms with E-state index in [1.807, 2.05) is 27.1 Å². The van der Waals surface area contributed by atoms with Crippen molar-refractivity contribution in [3.8, 4) is 0 Å². The van der Waals surface area contributed by atoms with Crippen molar-refractivity contribution in [2.45, 2.75) is 24.8 Å². The lowest BCUT2D eigenvalue weighted by atomic mass is 10.5. The zero-order valence-corrected chi connectivity index (χ0v) is 9.37. The molecule has 0 aromatic carbocycles. The summed E-state index contributed by atoms with van der Waals surface area (Å²) in [7, 11) is 1.84. The number of carbonyl (C=O) groups is 1. The zero-order chi connectivity index (χ0) is 10.6. The molecule has 4 nitrogen and oxygen atoms in total. The highest BCUT2D eigenvalue weighted by molar-refractivity contribution is 8.00. The van der Waals surface area contributed by atoms with Crippen LogP contribution >= 0.6 is 11.8 Å². The predicted octanol–water partition coefficient (Wildman–Crippen LogP) is 1.46. The van der Waals surface area contributed by atoms with E-state index in [0.717, 1.165) is 4.90 Å². The van der Waals surface area contributed by atoms with Crippen LogP contribution in [0.2, 0.25) is 0 Å². The second kappa shape index (κ2) is 5.05. The highest BCUT2D eigenvalue weighted by atomic mass is 32.2. The zero-order valence-electron chi connectivity index (χ0n) is 8.56. The fourth-order valence-corrected chi connectivity index (χ4v) is 1.61. The van der Waals surface area contributed by atoms with Crippen molar-refractivity contribution in [3.63, 3.8) is 0 Å². The van der Waals surface area contributed by atoms with Gasteiger partial charge < -0.3 is 4.74 Å². The average molecular weight is 214 g/mol. The van der Waals surface area contributed by atoms with Gasteiger partial charge in [0, 0.05) is 18.1 Å². The van der Waals surface area contributed by atoms with E-state index in [4.69, 9.17) is 4.74 Å². The molecule has 14 heavy (non-hydrogen) atoms. The quantitative estimate of drug-likeness (QED) is 0.562. The van der Waals surface area contributed by atoms with Crippen LogP contribution in [0, 0.1) is 0 Å². The van der Waals surface area contributed by atoms with Gasteiger partial charge in [-0.25, -0.2) is 0 Å². The number of ether oxygens (including phenoxy) is 1. The van der Waals surface area contributed by atoms with Crippen molar-refractivity contribution in [1.29, 1.82) is 0 Å². The molecule has 1 rings (SSSR count). The Hall–Kier alpha value is -0.970. The van der Waals surface area contributed by atoms with Crippen LogP contribution in [0.25, 0.3) is 0 Å². The molecule has 1 aromatic rings. The topological polar surface area (TPSA) is 44.1 Å². The summed E-state index contributed by atoms with van der Waals surface area (Å²) in [4.78, 5) is 12.1. The third kappa shape index (κ3) is 3.83. The van der Waals surface area contributed by atoms with Gasteiger partial charge in [-0.2, -0.15) is 5.10 Å². The summed E-state index contributed by atoms with van der Waals surface area (Å²) in [6, 6.07) is 0. The Morgan fingerprint density at radius 3 is 2.93 bits per heavy atom. The maximum Gasteiger partial charge on any atom is 0.316 e. The van der Waals surface area contributed by atoms with Crippen LogP contribution in [0.4, 0.5) is 0 Å². The lowest BCUT2D eigenvalue weighted by Crippen LogP contribution is -2.13. The first-order valence-corrected chi connectivity index (χ1v) is 5.37. The number of rotatable bonds is 4. The van der Waals surface area contributed by atoms with Crippen LogP contribution < -0.4 is 0 Å². The number of hydrogen-bond acceptors (Lipinski definition) is 4. The summed E-state index contributed by atoms with van der Waals surface area (Å²) in [6.07, 6.45) is 3.55. The summed E-state index contributed by atoms with van der Waals surface area (Å²) in [5.41, 5.74) is 0. The largest absolute Gasteiger partial charge is 0.462 e. The monoisotopic (exact) mass is 214 g/mol. The van der Waals surface area contributed by atoms with E-state index in [1.165, 1.54) is 11.8 Å². The van der Waals surface area contributed by atoms with Gasteiger partial charge in [0.05, 0.1) is 18.1 Å². The smallest absolute Gasteiger partial charge is 0.316 e. The van der Waals surface area contributed by atoms with Gasteiger partial charge >= 0.3 is 5.97 Å². The Labute approximate surface area is 87.6 Å². The number of aryl methyl sites for hydroxylation is 1. The van der Waals surface area contributed by atoms with Crippen LogP contribution in [-0.4, -0.2) is 27.6 Å². The van der Waals surface area contributed by atoms with Gasteiger partial charge in [0.1, 0.15) is 0 Å². The normalized spacial score (nSPS) is 10.6. The van der Waals surface area contributed by atoms with E-state index in [1.54, 1.807) is 10.9 Å². The van der Waals surface area contributed by atoms with Crippen LogP contribution in [0.15, 0.2) is 17.3 Å². The maximum atomic E-state index is 11.2. The Morgan fingerprint density at radius 2 is 2.43 bits per heavy atom. The van der Waals surface area contributed by atoms with Gasteiger partial charge in [0.25, 0.3) is 0 Å². The molecule has 0 N–H and O–H groups in total. The summed E-state index contributed by atoms with van der Waals surface area (Å²) >= 11 is 1.43. The molecule has 0 atom stereocenters. The molecular formula is C9H14N2O2S. The highest BCUT2D eigenvalue weighted by Crippen LogP contribution is 2.16. The predicted molar refractivity (Wildman–Crippen MR) is 55.2 cm³/mol. The molecule has 0 aliphatic carbocycles. The van der Waals surface area contributed by atoms with Gasteiger partial charge in [-0.3, -0.25) is 9.48 Å². The van der Waals surface area contributed by atoms with Gasteiger partial charge in [-0.05, 0) is 13.8 Å². The first kappa shape index (κ1) is 11.1. The molecule has 0 bridgehead atoms. The molecule has 0 aliphatic heterocycles. The molecule has 0 aliphatic rings. The molecule has 0 unspecified atom stereocenters. The Balaban J connectivity index is 2.30. The maximum absolute atomic E-state index is 11.2. The molecule has 78 valence electrons. The molecule has 1 aromatic heterocycles. The number of thioether (sulfide) groups is 1. The lowest BCUT2D eigenvalue weighted by Gasteiger charge is -2.06. The van der Waals surface area contributed by atoms with Crippen LogP contribution in [0.3, 0.4) is 0 Å². The van der Waals surface area contributed by atoms with Crippen molar-refractivity contribution in [3.05, 3.63) is 12.4 Å². The summed E-state index contributed by atoms with van der Waals surface area (Å²) < 4.78 is 6.70. The minimum atomic E-state index is -0.186. The summed E-state index contributed by atoms with van der Waals surface area (Å²) in [5.74, 6) is 0.151. The molecule has 0 saturated heterocycles. The van der Waals surface area contributed by atoms with Crippen molar-refractivity contribution >= 4 is 17.7 Å². The van der Waals surface area contributed by atoms with Gasteiger partial charge in [0.15, 0.2) is 0 Å². The molecule has 0 saturated carbocycles. The molecule has 0 spiro atoms. The minimum Gasteiger partial charge on any atom is -0.462 e. The number of nitrogens with zero attached hydrogens (tertiary/aromatic N) is 2. The second-order valence-corrected chi connectivity index (χ2v) is 4.23. The van der Waals surface area contributed by atoms with Gasteiger partial charge in [-0.1, -0.05) is 0 Å². The van der Waals surface area contributed by atoms with Crippen molar-refractivity contribution in [2.24, 2.45) is 7.05 Å². The summed E-state index contributed by atoms with van der Waals surface area (Å²) in [5, 5.41) is 4.00. The van der Waals surface area contributed by atoms with Crippen molar-refractivity contribution in [2.75, 3.05) is 5.75 Å². The van der Waals surface area contributed by atoms with Crippen molar-refractivity contribution < 1.29 is 9.53 Å². The van der Waals surface area contributed by atoms with Crippen LogP contribution in [0.5, 0.6) is 0 Å². The Morgan fingerprint density at radius 1 is 1.71 bits per heavy atom. The van der Waals surface area contributed by atoms with E-state index in [0.29, 0.717) is 5.75 Å². The molecule has 0 fully saturated rings. The molecule has 1 heterocycles. The highest BCUT2D eigenvalue weighted by Gasteiger charge is 2.06. The van der Waals surface area contributed by atoms with Crippen LogP contribution in [0.1, 0.15) is 13.8 Å².